The van der Waals surface area contributed by atoms with Gasteiger partial charge in [0.25, 0.3) is 0 Å². The molecule has 1 aliphatic heterocycles. The topological polar surface area (TPSA) is 102 Å². The van der Waals surface area contributed by atoms with Crippen LogP contribution in [0.4, 0.5) is 8.78 Å². The second kappa shape index (κ2) is 10.4. The van der Waals surface area contributed by atoms with Gasteiger partial charge in [-0.15, -0.1) is 10.2 Å². The molecule has 0 amide bonds. The molecule has 1 aliphatic rings. The van der Waals surface area contributed by atoms with Gasteiger partial charge in [-0.2, -0.15) is 4.31 Å². The van der Waals surface area contributed by atoms with Gasteiger partial charge in [0, 0.05) is 19.1 Å². The van der Waals surface area contributed by atoms with Gasteiger partial charge in [-0.1, -0.05) is 34.7 Å². The number of sulfonamides is 1. The van der Waals surface area contributed by atoms with E-state index in [1.54, 1.807) is 46.0 Å². The lowest BCUT2D eigenvalue weighted by Gasteiger charge is -2.21. The van der Waals surface area contributed by atoms with Crippen LogP contribution in [0.3, 0.4) is 0 Å². The summed E-state index contributed by atoms with van der Waals surface area (Å²) in [5, 5.41) is 16.5. The predicted molar refractivity (Wildman–Crippen MR) is 130 cm³/mol. The molecule has 1 fully saturated rings. The van der Waals surface area contributed by atoms with Gasteiger partial charge in [0.2, 0.25) is 10.0 Å². The normalized spacial score (nSPS) is 17.6. The third-order valence-corrected chi connectivity index (χ3v) is 8.14. The SMILES string of the molecule is CN(Cc1cn(Cc2ccc(F)cc2)nn1)C1CN(Cc2cn(Cc3ccc(F)cc3)nn2)S(=O)(=O)C1. The van der Waals surface area contributed by atoms with E-state index in [1.165, 1.54) is 28.6 Å². The molecule has 2 aromatic heterocycles. The summed E-state index contributed by atoms with van der Waals surface area (Å²) in [4.78, 5) is 1.95. The van der Waals surface area contributed by atoms with Gasteiger partial charge in [0.15, 0.2) is 0 Å². The van der Waals surface area contributed by atoms with Gasteiger partial charge >= 0.3 is 0 Å². The molecule has 5 rings (SSSR count). The van der Waals surface area contributed by atoms with Crippen molar-refractivity contribution in [2.45, 2.75) is 32.2 Å². The van der Waals surface area contributed by atoms with Crippen LogP contribution in [-0.4, -0.2) is 73.0 Å². The van der Waals surface area contributed by atoms with E-state index in [0.717, 1.165) is 11.1 Å². The van der Waals surface area contributed by atoms with Crippen molar-refractivity contribution >= 4 is 10.0 Å². The van der Waals surface area contributed by atoms with Gasteiger partial charge in [0.05, 0.1) is 49.2 Å². The molecule has 1 saturated heterocycles. The van der Waals surface area contributed by atoms with Crippen molar-refractivity contribution in [3.05, 3.63) is 95.1 Å². The van der Waals surface area contributed by atoms with Crippen molar-refractivity contribution in [1.29, 1.82) is 0 Å². The third-order valence-electron chi connectivity index (χ3n) is 6.27. The number of hydrogen-bond donors (Lipinski definition) is 0. The molecule has 194 valence electrons. The quantitative estimate of drug-likeness (QED) is 0.327. The highest BCUT2D eigenvalue weighted by atomic mass is 32.2. The molecule has 1 atom stereocenters. The maximum atomic E-state index is 13.1. The van der Waals surface area contributed by atoms with Crippen LogP contribution >= 0.6 is 0 Å². The van der Waals surface area contributed by atoms with Crippen LogP contribution in [0, 0.1) is 11.6 Å². The van der Waals surface area contributed by atoms with Crippen LogP contribution in [0.25, 0.3) is 0 Å². The number of aromatic nitrogens is 6. The number of rotatable bonds is 9. The largest absolute Gasteiger partial charge is 0.295 e. The number of hydrogen-bond acceptors (Lipinski definition) is 7. The van der Waals surface area contributed by atoms with Crippen LogP contribution in [-0.2, 0) is 36.2 Å². The monoisotopic (exact) mass is 528 g/mol. The molecule has 0 saturated carbocycles. The van der Waals surface area contributed by atoms with Crippen LogP contribution in [0.1, 0.15) is 22.5 Å². The summed E-state index contributed by atoms with van der Waals surface area (Å²) in [6.07, 6.45) is 3.51. The van der Waals surface area contributed by atoms with Crippen molar-refractivity contribution in [2.75, 3.05) is 19.3 Å². The summed E-state index contributed by atoms with van der Waals surface area (Å²) >= 11 is 0. The minimum absolute atomic E-state index is 0.00304. The minimum atomic E-state index is -3.46. The molecule has 0 N–H and O–H groups in total. The summed E-state index contributed by atoms with van der Waals surface area (Å²) in [5.74, 6) is -0.604. The first kappa shape index (κ1) is 25.1. The maximum absolute atomic E-state index is 13.1. The van der Waals surface area contributed by atoms with E-state index in [4.69, 9.17) is 0 Å². The second-order valence-electron chi connectivity index (χ2n) is 9.21. The summed E-state index contributed by atoms with van der Waals surface area (Å²) in [6.45, 7) is 1.76. The molecule has 13 heteroatoms. The van der Waals surface area contributed by atoms with Gasteiger partial charge in [0.1, 0.15) is 11.6 Å². The average molecular weight is 529 g/mol. The highest BCUT2D eigenvalue weighted by Gasteiger charge is 2.38. The number of benzene rings is 2. The van der Waals surface area contributed by atoms with Gasteiger partial charge < -0.3 is 0 Å². The lowest BCUT2D eigenvalue weighted by Crippen LogP contribution is -2.35. The van der Waals surface area contributed by atoms with Gasteiger partial charge in [-0.05, 0) is 42.4 Å². The average Bonchev–Trinajstić information content (AvgIpc) is 3.57. The molecule has 10 nitrogen and oxygen atoms in total. The second-order valence-corrected chi connectivity index (χ2v) is 11.2. The zero-order valence-electron chi connectivity index (χ0n) is 20.2. The molecule has 0 spiro atoms. The first-order valence-corrected chi connectivity index (χ1v) is 13.3. The number of halogens is 2. The fourth-order valence-electron chi connectivity index (χ4n) is 4.27. The minimum Gasteiger partial charge on any atom is -0.295 e. The Bertz CT molecular complexity index is 1450. The van der Waals surface area contributed by atoms with Crippen LogP contribution < -0.4 is 0 Å². The predicted octanol–water partition coefficient (Wildman–Crippen LogP) is 1.89. The first-order chi connectivity index (χ1) is 17.7. The number of likely N-dealkylation sites (N-methyl/N-ethyl adjacent to an activating group) is 1. The Hall–Kier alpha value is -3.55. The van der Waals surface area contributed by atoms with E-state index in [0.29, 0.717) is 37.6 Å². The van der Waals surface area contributed by atoms with Crippen molar-refractivity contribution in [3.8, 4) is 0 Å². The highest BCUT2D eigenvalue weighted by Crippen LogP contribution is 2.21. The summed E-state index contributed by atoms with van der Waals surface area (Å²) < 4.78 is 56.6. The number of nitrogens with zero attached hydrogens (tertiary/aromatic N) is 8. The summed E-state index contributed by atoms with van der Waals surface area (Å²) in [5.41, 5.74) is 3.02. The first-order valence-electron chi connectivity index (χ1n) is 11.7. The molecule has 0 aliphatic carbocycles. The molecule has 4 aromatic rings. The highest BCUT2D eigenvalue weighted by molar-refractivity contribution is 7.89. The summed E-state index contributed by atoms with van der Waals surface area (Å²) in [7, 11) is -1.60. The molecule has 37 heavy (non-hydrogen) atoms. The van der Waals surface area contributed by atoms with Crippen LogP contribution in [0.15, 0.2) is 60.9 Å². The zero-order chi connectivity index (χ0) is 26.0. The lowest BCUT2D eigenvalue weighted by atomic mass is 10.2. The van der Waals surface area contributed by atoms with Gasteiger partial charge in [-0.25, -0.2) is 26.6 Å². The van der Waals surface area contributed by atoms with Crippen molar-refractivity contribution in [3.63, 3.8) is 0 Å². The van der Waals surface area contributed by atoms with E-state index < -0.39 is 10.0 Å². The molecule has 0 bridgehead atoms. The Kier molecular flexibility index (Phi) is 7.09. The van der Waals surface area contributed by atoms with E-state index in [-0.39, 0.29) is 30.0 Å². The molecular weight excluding hydrogens is 502 g/mol. The fourth-order valence-corrected chi connectivity index (χ4v) is 6.06. The maximum Gasteiger partial charge on any atom is 0.216 e. The van der Waals surface area contributed by atoms with E-state index in [2.05, 4.69) is 20.6 Å². The standard InChI is InChI=1S/C24H26F2N8O2S/c1-31(12-22-13-32(29-27-22)10-18-2-6-20(25)7-3-18)24-16-34(37(35,36)17-24)15-23-14-33(30-28-23)11-19-4-8-21(26)9-5-19/h2-9,13-14,24H,10-12,15-17H2,1H3. The van der Waals surface area contributed by atoms with E-state index in [9.17, 15) is 17.2 Å². The Morgan fingerprint density at radius 3 is 1.92 bits per heavy atom. The van der Waals surface area contributed by atoms with E-state index in [1.807, 2.05) is 11.9 Å². The molecular formula is C24H26F2N8O2S. The zero-order valence-corrected chi connectivity index (χ0v) is 21.0. The van der Waals surface area contributed by atoms with Crippen molar-refractivity contribution in [2.24, 2.45) is 0 Å². The Morgan fingerprint density at radius 1 is 0.838 bits per heavy atom. The van der Waals surface area contributed by atoms with Gasteiger partial charge in [-0.3, -0.25) is 4.90 Å². The van der Waals surface area contributed by atoms with Crippen molar-refractivity contribution < 1.29 is 17.2 Å². The van der Waals surface area contributed by atoms with E-state index >= 15 is 0 Å². The molecule has 0 radical (unpaired) electrons. The molecule has 3 heterocycles. The van der Waals surface area contributed by atoms with Crippen LogP contribution in [0.2, 0.25) is 0 Å². The smallest absolute Gasteiger partial charge is 0.216 e. The Balaban J connectivity index is 1.17. The third kappa shape index (κ3) is 6.24. The lowest BCUT2D eigenvalue weighted by molar-refractivity contribution is 0.231. The molecule has 2 aromatic carbocycles. The molecule has 1 unspecified atom stereocenters. The summed E-state index contributed by atoms with van der Waals surface area (Å²) in [6, 6.07) is 12.1. The van der Waals surface area contributed by atoms with Crippen LogP contribution in [0.5, 0.6) is 0 Å². The van der Waals surface area contributed by atoms with Crippen molar-refractivity contribution in [1.82, 2.24) is 39.2 Å². The Morgan fingerprint density at radius 2 is 1.35 bits per heavy atom. The Labute approximate surface area is 213 Å². The fraction of sp³-hybridized carbons (Fsp3) is 0.333.